The maximum absolute atomic E-state index is 11.6. The van der Waals surface area contributed by atoms with Gasteiger partial charge in [-0.15, -0.1) is 0 Å². The normalized spacial score (nSPS) is 11.6. The van der Waals surface area contributed by atoms with Crippen molar-refractivity contribution in [3.8, 4) is 0 Å². The molecule has 7 nitrogen and oxygen atoms in total. The lowest BCUT2D eigenvalue weighted by molar-refractivity contribution is -0.386. The molecule has 0 heterocycles. The number of nitro benzene ring substituents is 1. The number of rotatable bonds is 8. The molecule has 0 spiro atoms. The fourth-order valence-corrected chi connectivity index (χ4v) is 2.90. The van der Waals surface area contributed by atoms with Crippen LogP contribution in [0, 0.1) is 10.1 Å². The molecule has 8 heteroatoms. The zero-order valence-corrected chi connectivity index (χ0v) is 13.3. The number of likely N-dealkylation sites (N-methyl/N-ethyl adjacent to an activating group) is 1. The van der Waals surface area contributed by atoms with Gasteiger partial charge in [0.05, 0.1) is 4.92 Å². The summed E-state index contributed by atoms with van der Waals surface area (Å²) < 4.78 is 23.3. The second kappa shape index (κ2) is 7.37. The van der Waals surface area contributed by atoms with E-state index in [1.165, 1.54) is 18.2 Å². The van der Waals surface area contributed by atoms with Gasteiger partial charge < -0.3 is 10.2 Å². The number of benzene rings is 1. The number of anilines is 1. The Hall–Kier alpha value is -1.67. The second-order valence-corrected chi connectivity index (χ2v) is 6.62. The molecular weight excluding hydrogens is 294 g/mol. The minimum absolute atomic E-state index is 0.232. The van der Waals surface area contributed by atoms with Crippen LogP contribution >= 0.6 is 0 Å². The molecule has 0 aliphatic carbocycles. The summed E-state index contributed by atoms with van der Waals surface area (Å²) >= 11 is 0. The van der Waals surface area contributed by atoms with Crippen LogP contribution in [0.2, 0.25) is 0 Å². The Morgan fingerprint density at radius 1 is 1.29 bits per heavy atom. The van der Waals surface area contributed by atoms with Crippen molar-refractivity contribution in [2.75, 3.05) is 37.8 Å². The molecule has 0 aromatic heterocycles. The first kappa shape index (κ1) is 17.4. The maximum atomic E-state index is 11.6. The zero-order valence-electron chi connectivity index (χ0n) is 12.5. The first-order chi connectivity index (χ1) is 9.81. The monoisotopic (exact) mass is 315 g/mol. The minimum atomic E-state index is -3.64. The first-order valence-corrected chi connectivity index (χ1v) is 8.64. The van der Waals surface area contributed by atoms with Gasteiger partial charge in [-0.3, -0.25) is 10.1 Å². The van der Waals surface area contributed by atoms with Crippen LogP contribution in [-0.4, -0.2) is 50.7 Å². The molecule has 0 fully saturated rings. The van der Waals surface area contributed by atoms with Crippen molar-refractivity contribution in [1.82, 2.24) is 4.90 Å². The van der Waals surface area contributed by atoms with Crippen molar-refractivity contribution in [2.24, 2.45) is 0 Å². The molecule has 0 saturated carbocycles. The molecule has 0 bridgehead atoms. The molecule has 118 valence electrons. The Bertz CT molecular complexity index is 597. The van der Waals surface area contributed by atoms with E-state index in [0.717, 1.165) is 25.9 Å². The van der Waals surface area contributed by atoms with Gasteiger partial charge in [-0.2, -0.15) is 0 Å². The molecule has 0 radical (unpaired) electrons. The van der Waals surface area contributed by atoms with Crippen molar-refractivity contribution in [1.29, 1.82) is 0 Å². The number of nitro groups is 1. The van der Waals surface area contributed by atoms with Crippen LogP contribution in [0.1, 0.15) is 13.8 Å². The third-order valence-corrected chi connectivity index (χ3v) is 4.35. The Balaban J connectivity index is 3.00. The predicted octanol–water partition coefficient (Wildman–Crippen LogP) is 1.75. The smallest absolute Gasteiger partial charge is 0.310 e. The van der Waals surface area contributed by atoms with Crippen LogP contribution in [0.25, 0.3) is 0 Å². The lowest BCUT2D eigenvalue weighted by Gasteiger charge is -2.18. The van der Waals surface area contributed by atoms with Crippen LogP contribution in [0.3, 0.4) is 0 Å². The van der Waals surface area contributed by atoms with Crippen molar-refractivity contribution < 1.29 is 13.3 Å². The average molecular weight is 315 g/mol. The van der Waals surface area contributed by atoms with Crippen LogP contribution in [-0.2, 0) is 9.84 Å². The zero-order chi connectivity index (χ0) is 16.0. The van der Waals surface area contributed by atoms with Gasteiger partial charge in [-0.1, -0.05) is 19.9 Å². The molecule has 0 saturated heterocycles. The number of nitrogens with zero attached hydrogens (tertiary/aromatic N) is 2. The number of sulfone groups is 1. The molecule has 0 aliphatic heterocycles. The highest BCUT2D eigenvalue weighted by molar-refractivity contribution is 7.90. The molecule has 1 aromatic carbocycles. The summed E-state index contributed by atoms with van der Waals surface area (Å²) in [6, 6.07) is 4.28. The van der Waals surface area contributed by atoms with Crippen LogP contribution in [0.15, 0.2) is 23.1 Å². The average Bonchev–Trinajstić information content (AvgIpc) is 2.42. The van der Waals surface area contributed by atoms with Gasteiger partial charge in [-0.25, -0.2) is 8.42 Å². The summed E-state index contributed by atoms with van der Waals surface area (Å²) in [5.74, 6) is 0. The Morgan fingerprint density at radius 2 is 1.90 bits per heavy atom. The molecule has 0 atom stereocenters. The number of hydrogen-bond acceptors (Lipinski definition) is 6. The van der Waals surface area contributed by atoms with E-state index in [1.54, 1.807) is 0 Å². The van der Waals surface area contributed by atoms with E-state index in [4.69, 9.17) is 0 Å². The van der Waals surface area contributed by atoms with Crippen molar-refractivity contribution in [2.45, 2.75) is 18.7 Å². The number of para-hydroxylation sites is 1. The quantitative estimate of drug-likeness (QED) is 0.580. The van der Waals surface area contributed by atoms with Crippen molar-refractivity contribution in [3.63, 3.8) is 0 Å². The Morgan fingerprint density at radius 3 is 2.38 bits per heavy atom. The Labute approximate surface area is 125 Å². The molecular formula is C13H21N3O4S. The van der Waals surface area contributed by atoms with E-state index in [1.807, 2.05) is 13.8 Å². The van der Waals surface area contributed by atoms with Crippen molar-refractivity contribution >= 4 is 21.2 Å². The van der Waals surface area contributed by atoms with Gasteiger partial charge >= 0.3 is 5.69 Å². The van der Waals surface area contributed by atoms with Gasteiger partial charge in [0, 0.05) is 19.3 Å². The first-order valence-electron chi connectivity index (χ1n) is 6.74. The molecule has 1 N–H and O–H groups in total. The van der Waals surface area contributed by atoms with Gasteiger partial charge in [-0.05, 0) is 25.2 Å². The summed E-state index contributed by atoms with van der Waals surface area (Å²) in [6.07, 6.45) is 0.967. The SMILES string of the molecule is CCN(CC)CCNc1cccc(S(C)(=O)=O)c1[N+](=O)[O-]. The van der Waals surface area contributed by atoms with Crippen LogP contribution in [0.5, 0.6) is 0 Å². The van der Waals surface area contributed by atoms with Gasteiger partial charge in [0.15, 0.2) is 9.84 Å². The largest absolute Gasteiger partial charge is 0.378 e. The van der Waals surface area contributed by atoms with Crippen LogP contribution in [0.4, 0.5) is 11.4 Å². The third-order valence-electron chi connectivity index (χ3n) is 3.22. The second-order valence-electron chi connectivity index (χ2n) is 4.64. The van der Waals surface area contributed by atoms with E-state index < -0.39 is 14.8 Å². The summed E-state index contributed by atoms with van der Waals surface area (Å²) in [5, 5.41) is 14.1. The van der Waals surface area contributed by atoms with Crippen molar-refractivity contribution in [3.05, 3.63) is 28.3 Å². The van der Waals surface area contributed by atoms with E-state index in [2.05, 4.69) is 10.2 Å². The fourth-order valence-electron chi connectivity index (χ4n) is 2.04. The molecule has 21 heavy (non-hydrogen) atoms. The van der Waals surface area contributed by atoms with Gasteiger partial charge in [0.1, 0.15) is 10.6 Å². The molecule has 0 aliphatic rings. The van der Waals surface area contributed by atoms with E-state index in [0.29, 0.717) is 6.54 Å². The molecule has 1 rings (SSSR count). The van der Waals surface area contributed by atoms with Crippen LogP contribution < -0.4 is 5.32 Å². The molecule has 0 unspecified atom stereocenters. The van der Waals surface area contributed by atoms with Gasteiger partial charge in [0.2, 0.25) is 0 Å². The highest BCUT2D eigenvalue weighted by Crippen LogP contribution is 2.31. The minimum Gasteiger partial charge on any atom is -0.378 e. The lowest BCUT2D eigenvalue weighted by Crippen LogP contribution is -2.28. The summed E-state index contributed by atoms with van der Waals surface area (Å²) in [5.41, 5.74) is -0.158. The number of nitrogens with one attached hydrogen (secondary N) is 1. The highest BCUT2D eigenvalue weighted by atomic mass is 32.2. The predicted molar refractivity (Wildman–Crippen MR) is 82.5 cm³/mol. The Kier molecular flexibility index (Phi) is 6.10. The van der Waals surface area contributed by atoms with Gasteiger partial charge in [0.25, 0.3) is 0 Å². The van der Waals surface area contributed by atoms with E-state index >= 15 is 0 Å². The maximum Gasteiger partial charge on any atom is 0.310 e. The summed E-state index contributed by atoms with van der Waals surface area (Å²) in [6.45, 7) is 7.10. The molecule has 1 aromatic rings. The van der Waals surface area contributed by atoms with E-state index in [-0.39, 0.29) is 16.3 Å². The highest BCUT2D eigenvalue weighted by Gasteiger charge is 2.25. The standard InChI is InChI=1S/C13H21N3O4S/c1-4-15(5-2)10-9-14-11-7-6-8-12(21(3,19)20)13(11)16(17)18/h6-8,14H,4-5,9-10H2,1-3H3. The summed E-state index contributed by atoms with van der Waals surface area (Å²) in [7, 11) is -3.64. The summed E-state index contributed by atoms with van der Waals surface area (Å²) in [4.78, 5) is 12.4. The third kappa shape index (κ3) is 4.68. The molecule has 0 amide bonds. The number of hydrogen-bond donors (Lipinski definition) is 1. The lowest BCUT2D eigenvalue weighted by atomic mass is 10.2. The van der Waals surface area contributed by atoms with E-state index in [9.17, 15) is 18.5 Å². The fraction of sp³-hybridized carbons (Fsp3) is 0.538. The topological polar surface area (TPSA) is 92.6 Å².